The molecule has 1 rings (SSSR count). The Hall–Kier alpha value is -0.670. The van der Waals surface area contributed by atoms with Crippen LogP contribution < -0.4 is 0 Å². The van der Waals surface area contributed by atoms with Crippen LogP contribution in [0.4, 0.5) is 0 Å². The van der Waals surface area contributed by atoms with Gasteiger partial charge in [0.15, 0.2) is 5.78 Å². The second kappa shape index (κ2) is 5.89. The fourth-order valence-corrected chi connectivity index (χ4v) is 1.32. The largest absolute Gasteiger partial charge is 0.300 e. The number of hydrogen-bond acceptors (Lipinski definition) is 2. The van der Waals surface area contributed by atoms with Crippen LogP contribution in [0.3, 0.4) is 0 Å². The molecular formula is C10H11BrO2. The van der Waals surface area contributed by atoms with E-state index >= 15 is 0 Å². The van der Waals surface area contributed by atoms with Crippen LogP contribution in [0.1, 0.15) is 12.0 Å². The third-order valence-corrected chi connectivity index (χ3v) is 1.98. The molecule has 0 amide bonds. The minimum Gasteiger partial charge on any atom is -0.300 e. The minimum atomic E-state index is 0.112. The van der Waals surface area contributed by atoms with Gasteiger partial charge in [-0.3, -0.25) is 4.79 Å². The van der Waals surface area contributed by atoms with E-state index in [1.54, 1.807) is 0 Å². The molecule has 2 nitrogen and oxygen atoms in total. The molecule has 0 aliphatic carbocycles. The van der Waals surface area contributed by atoms with Crippen LogP contribution >= 0.6 is 16.3 Å². The van der Waals surface area contributed by atoms with Gasteiger partial charge < -0.3 is 3.83 Å². The standard InChI is InChI=1S/C10H11BrO2/c11-13-8-10(12)7-6-9-4-2-1-3-5-9/h1-5H,6-8H2. The number of rotatable bonds is 5. The summed E-state index contributed by atoms with van der Waals surface area (Å²) in [4.78, 5) is 11.1. The lowest BCUT2D eigenvalue weighted by atomic mass is 10.1. The molecule has 0 atom stereocenters. The Kier molecular flexibility index (Phi) is 4.72. The van der Waals surface area contributed by atoms with Crippen LogP contribution in [-0.4, -0.2) is 12.4 Å². The summed E-state index contributed by atoms with van der Waals surface area (Å²) in [5, 5.41) is 0. The number of aryl methyl sites for hydroxylation is 1. The molecule has 0 aromatic heterocycles. The van der Waals surface area contributed by atoms with Crippen molar-refractivity contribution in [2.24, 2.45) is 0 Å². The lowest BCUT2D eigenvalue weighted by Crippen LogP contribution is -2.05. The summed E-state index contributed by atoms with van der Waals surface area (Å²) in [6.07, 6.45) is 1.33. The quantitative estimate of drug-likeness (QED) is 0.794. The Morgan fingerprint density at radius 2 is 2.00 bits per heavy atom. The van der Waals surface area contributed by atoms with Gasteiger partial charge in [0.1, 0.15) is 6.61 Å². The number of ketones is 1. The van der Waals surface area contributed by atoms with Crippen molar-refractivity contribution >= 4 is 22.0 Å². The van der Waals surface area contributed by atoms with Gasteiger partial charge in [0.25, 0.3) is 0 Å². The highest BCUT2D eigenvalue weighted by atomic mass is 79.9. The molecule has 0 bridgehead atoms. The van der Waals surface area contributed by atoms with Crippen molar-refractivity contribution in [1.29, 1.82) is 0 Å². The summed E-state index contributed by atoms with van der Waals surface area (Å²) >= 11 is 2.76. The van der Waals surface area contributed by atoms with E-state index in [9.17, 15) is 4.79 Å². The van der Waals surface area contributed by atoms with Crippen LogP contribution in [0.2, 0.25) is 0 Å². The normalized spacial score (nSPS) is 9.92. The molecule has 0 saturated carbocycles. The first-order valence-electron chi connectivity index (χ1n) is 4.12. The zero-order valence-corrected chi connectivity index (χ0v) is 8.79. The predicted octanol–water partition coefficient (Wildman–Crippen LogP) is 2.51. The average molecular weight is 243 g/mol. The molecule has 0 unspecified atom stereocenters. The van der Waals surface area contributed by atoms with E-state index in [1.807, 2.05) is 30.3 Å². The minimum absolute atomic E-state index is 0.112. The maximum absolute atomic E-state index is 11.1. The maximum Gasteiger partial charge on any atom is 0.160 e. The lowest BCUT2D eigenvalue weighted by Gasteiger charge is -1.99. The Morgan fingerprint density at radius 3 is 2.62 bits per heavy atom. The van der Waals surface area contributed by atoms with Gasteiger partial charge in [0.05, 0.1) is 16.3 Å². The van der Waals surface area contributed by atoms with Crippen molar-refractivity contribution in [3.8, 4) is 0 Å². The zero-order valence-electron chi connectivity index (χ0n) is 7.20. The van der Waals surface area contributed by atoms with Crippen molar-refractivity contribution in [1.82, 2.24) is 0 Å². The molecular weight excluding hydrogens is 232 g/mol. The third-order valence-electron chi connectivity index (χ3n) is 1.75. The van der Waals surface area contributed by atoms with E-state index in [0.717, 1.165) is 6.42 Å². The Morgan fingerprint density at radius 1 is 1.31 bits per heavy atom. The number of benzene rings is 1. The molecule has 0 heterocycles. The van der Waals surface area contributed by atoms with Gasteiger partial charge in [-0.1, -0.05) is 30.3 Å². The summed E-state index contributed by atoms with van der Waals surface area (Å²) < 4.78 is 4.55. The van der Waals surface area contributed by atoms with Gasteiger partial charge in [-0.05, 0) is 12.0 Å². The second-order valence-corrected chi connectivity index (χ2v) is 3.24. The van der Waals surface area contributed by atoms with Crippen LogP contribution in [0, 0.1) is 0 Å². The molecule has 70 valence electrons. The van der Waals surface area contributed by atoms with Gasteiger partial charge in [0, 0.05) is 6.42 Å². The van der Waals surface area contributed by atoms with Crippen molar-refractivity contribution < 1.29 is 8.62 Å². The average Bonchev–Trinajstić information content (AvgIpc) is 2.17. The first-order chi connectivity index (χ1) is 6.33. The number of Topliss-reactive ketones (excluding diaryl/α,β-unsaturated/α-hetero) is 1. The van der Waals surface area contributed by atoms with E-state index in [4.69, 9.17) is 0 Å². The molecule has 0 saturated heterocycles. The molecule has 0 spiro atoms. The summed E-state index contributed by atoms with van der Waals surface area (Å²) in [6.45, 7) is 0.146. The first kappa shape index (κ1) is 10.4. The predicted molar refractivity (Wildman–Crippen MR) is 54.6 cm³/mol. The monoisotopic (exact) mass is 242 g/mol. The first-order valence-corrected chi connectivity index (χ1v) is 4.77. The topological polar surface area (TPSA) is 26.3 Å². The smallest absolute Gasteiger partial charge is 0.160 e. The number of carbonyl (C=O) groups excluding carboxylic acids is 1. The zero-order chi connectivity index (χ0) is 9.52. The lowest BCUT2D eigenvalue weighted by molar-refractivity contribution is -0.120. The Bertz CT molecular complexity index is 259. The van der Waals surface area contributed by atoms with Gasteiger partial charge in [-0.25, -0.2) is 0 Å². The van der Waals surface area contributed by atoms with Gasteiger partial charge in [-0.2, -0.15) is 0 Å². The van der Waals surface area contributed by atoms with Crippen LogP contribution in [-0.2, 0) is 15.0 Å². The molecule has 0 aliphatic rings. The van der Waals surface area contributed by atoms with Crippen molar-refractivity contribution in [2.45, 2.75) is 12.8 Å². The van der Waals surface area contributed by atoms with Crippen LogP contribution in [0.5, 0.6) is 0 Å². The number of carbonyl (C=O) groups is 1. The molecule has 0 aliphatic heterocycles. The summed E-state index contributed by atoms with van der Waals surface area (Å²) in [5.41, 5.74) is 1.19. The summed E-state index contributed by atoms with van der Waals surface area (Å²) in [6, 6.07) is 9.94. The Labute approximate surface area is 86.4 Å². The highest BCUT2D eigenvalue weighted by Gasteiger charge is 2.01. The van der Waals surface area contributed by atoms with Gasteiger partial charge >= 0.3 is 0 Å². The molecule has 0 radical (unpaired) electrons. The van der Waals surface area contributed by atoms with Gasteiger partial charge in [-0.15, -0.1) is 0 Å². The van der Waals surface area contributed by atoms with E-state index in [1.165, 1.54) is 5.56 Å². The highest BCUT2D eigenvalue weighted by Crippen LogP contribution is 2.03. The molecule has 1 aromatic rings. The van der Waals surface area contributed by atoms with Crippen LogP contribution in [0.15, 0.2) is 30.3 Å². The van der Waals surface area contributed by atoms with Crippen molar-refractivity contribution in [2.75, 3.05) is 6.61 Å². The molecule has 0 N–H and O–H groups in total. The fourth-order valence-electron chi connectivity index (χ4n) is 1.06. The summed E-state index contributed by atoms with van der Waals surface area (Å²) in [5.74, 6) is 0.112. The van der Waals surface area contributed by atoms with Gasteiger partial charge in [0.2, 0.25) is 0 Å². The number of hydrogen-bond donors (Lipinski definition) is 0. The molecule has 13 heavy (non-hydrogen) atoms. The van der Waals surface area contributed by atoms with E-state index in [-0.39, 0.29) is 12.4 Å². The second-order valence-electron chi connectivity index (χ2n) is 2.78. The van der Waals surface area contributed by atoms with E-state index in [2.05, 4.69) is 20.1 Å². The highest BCUT2D eigenvalue weighted by molar-refractivity contribution is 9.06. The van der Waals surface area contributed by atoms with E-state index < -0.39 is 0 Å². The number of halogens is 1. The Balaban J connectivity index is 2.31. The fraction of sp³-hybridized carbons (Fsp3) is 0.300. The molecule has 1 aromatic carbocycles. The van der Waals surface area contributed by atoms with Crippen molar-refractivity contribution in [3.05, 3.63) is 35.9 Å². The SMILES string of the molecule is O=C(CCc1ccccc1)COBr. The molecule has 3 heteroatoms. The summed E-state index contributed by atoms with van der Waals surface area (Å²) in [7, 11) is 0. The maximum atomic E-state index is 11.1. The third kappa shape index (κ3) is 4.20. The van der Waals surface area contributed by atoms with E-state index in [0.29, 0.717) is 6.42 Å². The molecule has 0 fully saturated rings. The van der Waals surface area contributed by atoms with Crippen molar-refractivity contribution in [3.63, 3.8) is 0 Å². The van der Waals surface area contributed by atoms with Crippen LogP contribution in [0.25, 0.3) is 0 Å².